The fourth-order valence-electron chi connectivity index (χ4n) is 1.93. The minimum absolute atomic E-state index is 0.351. The Balaban J connectivity index is 1.80. The summed E-state index contributed by atoms with van der Waals surface area (Å²) in [5, 5.41) is 10.1. The fraction of sp³-hybridized carbons (Fsp3) is 0.231. The lowest BCUT2D eigenvalue weighted by molar-refractivity contribution is -0.0112. The number of hydrogen-bond donors (Lipinski definition) is 2. The number of aliphatic hydroxyl groups is 1. The Morgan fingerprint density at radius 1 is 1.24 bits per heavy atom. The molecule has 0 saturated carbocycles. The number of aromatic nitrogens is 1. The van der Waals surface area contributed by atoms with E-state index in [4.69, 9.17) is 9.47 Å². The predicted octanol–water partition coefficient (Wildman–Crippen LogP) is 1.89. The molecular weight excluding hydrogens is 218 g/mol. The number of hydrogen-bond acceptors (Lipinski definition) is 3. The molecule has 88 valence electrons. The minimum Gasteiger partial charge on any atom is -0.486 e. The molecule has 17 heavy (non-hydrogen) atoms. The van der Waals surface area contributed by atoms with Crippen LogP contribution < -0.4 is 9.47 Å². The molecule has 2 unspecified atom stereocenters. The number of rotatable bonds is 2. The molecule has 0 amide bonds. The van der Waals surface area contributed by atoms with Gasteiger partial charge in [0.15, 0.2) is 17.6 Å². The lowest BCUT2D eigenvalue weighted by Crippen LogP contribution is -2.34. The van der Waals surface area contributed by atoms with Gasteiger partial charge >= 0.3 is 0 Å². The molecule has 1 aliphatic rings. The van der Waals surface area contributed by atoms with E-state index in [1.54, 1.807) is 12.4 Å². The van der Waals surface area contributed by atoms with Crippen molar-refractivity contribution in [2.75, 3.05) is 6.61 Å². The number of benzene rings is 1. The molecule has 2 N–H and O–H groups in total. The van der Waals surface area contributed by atoms with Crippen molar-refractivity contribution in [3.05, 3.63) is 48.3 Å². The molecule has 0 aliphatic carbocycles. The average molecular weight is 231 g/mol. The van der Waals surface area contributed by atoms with Gasteiger partial charge in [-0.1, -0.05) is 12.1 Å². The normalized spacial score (nSPS) is 19.9. The maximum Gasteiger partial charge on any atom is 0.163 e. The number of ether oxygens (including phenoxy) is 2. The van der Waals surface area contributed by atoms with Gasteiger partial charge in [0.1, 0.15) is 12.7 Å². The van der Waals surface area contributed by atoms with Gasteiger partial charge in [-0.25, -0.2) is 0 Å². The van der Waals surface area contributed by atoms with Gasteiger partial charge in [0, 0.05) is 18.0 Å². The number of nitrogens with one attached hydrogen (secondary N) is 1. The van der Waals surface area contributed by atoms with Crippen LogP contribution in [-0.4, -0.2) is 22.8 Å². The Bertz CT molecular complexity index is 495. The van der Waals surface area contributed by atoms with E-state index in [9.17, 15) is 5.11 Å². The third-order valence-corrected chi connectivity index (χ3v) is 2.85. The molecule has 4 heteroatoms. The molecular formula is C13H13NO3. The van der Waals surface area contributed by atoms with Gasteiger partial charge < -0.3 is 19.6 Å². The Labute approximate surface area is 98.8 Å². The monoisotopic (exact) mass is 231 g/mol. The zero-order chi connectivity index (χ0) is 11.7. The van der Waals surface area contributed by atoms with Gasteiger partial charge in [-0.15, -0.1) is 0 Å². The first-order valence-corrected chi connectivity index (χ1v) is 5.54. The summed E-state index contributed by atoms with van der Waals surface area (Å²) in [5.74, 6) is 1.41. The predicted molar refractivity (Wildman–Crippen MR) is 62.1 cm³/mol. The summed E-state index contributed by atoms with van der Waals surface area (Å²) >= 11 is 0. The largest absolute Gasteiger partial charge is 0.486 e. The SMILES string of the molecule is OC(c1cc[nH]c1)C1COc2ccccc2O1. The quantitative estimate of drug-likeness (QED) is 0.829. The Kier molecular flexibility index (Phi) is 2.49. The van der Waals surface area contributed by atoms with Crippen LogP contribution in [-0.2, 0) is 0 Å². The van der Waals surface area contributed by atoms with Crippen molar-refractivity contribution >= 4 is 0 Å². The molecule has 2 atom stereocenters. The average Bonchev–Trinajstić information content (AvgIpc) is 2.91. The number of para-hydroxylation sites is 2. The van der Waals surface area contributed by atoms with Crippen molar-refractivity contribution < 1.29 is 14.6 Å². The number of H-pyrrole nitrogens is 1. The molecule has 4 nitrogen and oxygen atoms in total. The molecule has 0 bridgehead atoms. The van der Waals surface area contributed by atoms with Crippen LogP contribution in [0.3, 0.4) is 0 Å². The summed E-state index contributed by atoms with van der Waals surface area (Å²) in [7, 11) is 0. The van der Waals surface area contributed by atoms with Crippen LogP contribution in [0.5, 0.6) is 11.5 Å². The second-order valence-corrected chi connectivity index (χ2v) is 4.00. The van der Waals surface area contributed by atoms with E-state index < -0.39 is 6.10 Å². The van der Waals surface area contributed by atoms with Crippen LogP contribution in [0.15, 0.2) is 42.7 Å². The molecule has 2 heterocycles. The van der Waals surface area contributed by atoms with Crippen molar-refractivity contribution in [1.29, 1.82) is 0 Å². The highest BCUT2D eigenvalue weighted by Crippen LogP contribution is 2.34. The van der Waals surface area contributed by atoms with Crippen molar-refractivity contribution in [2.45, 2.75) is 12.2 Å². The zero-order valence-electron chi connectivity index (χ0n) is 9.17. The maximum absolute atomic E-state index is 10.1. The highest BCUT2D eigenvalue weighted by molar-refractivity contribution is 5.41. The van der Waals surface area contributed by atoms with Gasteiger partial charge in [-0.2, -0.15) is 0 Å². The molecule has 1 aliphatic heterocycles. The van der Waals surface area contributed by atoms with E-state index in [2.05, 4.69) is 4.98 Å². The third-order valence-electron chi connectivity index (χ3n) is 2.85. The Hall–Kier alpha value is -1.94. The number of aliphatic hydroxyl groups excluding tert-OH is 1. The van der Waals surface area contributed by atoms with Crippen LogP contribution in [0.4, 0.5) is 0 Å². The Morgan fingerprint density at radius 2 is 2.06 bits per heavy atom. The molecule has 1 aromatic heterocycles. The van der Waals surface area contributed by atoms with Crippen LogP contribution >= 0.6 is 0 Å². The molecule has 0 fully saturated rings. The lowest BCUT2D eigenvalue weighted by atomic mass is 10.1. The highest BCUT2D eigenvalue weighted by Gasteiger charge is 2.28. The summed E-state index contributed by atoms with van der Waals surface area (Å²) in [6.07, 6.45) is 2.47. The van der Waals surface area contributed by atoms with E-state index in [-0.39, 0.29) is 6.10 Å². The molecule has 0 saturated heterocycles. The molecule has 0 spiro atoms. The van der Waals surface area contributed by atoms with Crippen LogP contribution in [0.1, 0.15) is 11.7 Å². The highest BCUT2D eigenvalue weighted by atomic mass is 16.6. The minimum atomic E-state index is -0.686. The Morgan fingerprint density at radius 3 is 2.82 bits per heavy atom. The van der Waals surface area contributed by atoms with Crippen molar-refractivity contribution in [3.8, 4) is 11.5 Å². The molecule has 2 aromatic rings. The second kappa shape index (κ2) is 4.14. The van der Waals surface area contributed by atoms with Crippen molar-refractivity contribution in [1.82, 2.24) is 4.98 Å². The second-order valence-electron chi connectivity index (χ2n) is 4.00. The number of fused-ring (bicyclic) bond motifs is 1. The summed E-state index contributed by atoms with van der Waals surface area (Å²) in [6, 6.07) is 9.30. The molecule has 0 radical (unpaired) electrons. The van der Waals surface area contributed by atoms with Gasteiger partial charge in [0.05, 0.1) is 0 Å². The van der Waals surface area contributed by atoms with Crippen molar-refractivity contribution in [2.24, 2.45) is 0 Å². The summed E-state index contributed by atoms with van der Waals surface area (Å²) in [5.41, 5.74) is 0.804. The van der Waals surface area contributed by atoms with Gasteiger partial charge in [0.25, 0.3) is 0 Å². The van der Waals surface area contributed by atoms with E-state index >= 15 is 0 Å². The van der Waals surface area contributed by atoms with Crippen LogP contribution in [0, 0.1) is 0 Å². The zero-order valence-corrected chi connectivity index (χ0v) is 9.17. The topological polar surface area (TPSA) is 54.5 Å². The van der Waals surface area contributed by atoms with Gasteiger partial charge in [-0.3, -0.25) is 0 Å². The van der Waals surface area contributed by atoms with Gasteiger partial charge in [-0.05, 0) is 18.2 Å². The van der Waals surface area contributed by atoms with E-state index in [1.807, 2.05) is 30.3 Å². The van der Waals surface area contributed by atoms with E-state index in [0.717, 1.165) is 11.3 Å². The smallest absolute Gasteiger partial charge is 0.163 e. The van der Waals surface area contributed by atoms with E-state index in [0.29, 0.717) is 12.4 Å². The summed E-state index contributed by atoms with van der Waals surface area (Å²) in [6.45, 7) is 0.351. The first kappa shape index (κ1) is 10.2. The first-order valence-electron chi connectivity index (χ1n) is 5.54. The summed E-state index contributed by atoms with van der Waals surface area (Å²) < 4.78 is 11.3. The number of aromatic amines is 1. The van der Waals surface area contributed by atoms with Gasteiger partial charge in [0.2, 0.25) is 0 Å². The third kappa shape index (κ3) is 1.87. The molecule has 1 aromatic carbocycles. The first-order chi connectivity index (χ1) is 8.34. The lowest BCUT2D eigenvalue weighted by Gasteiger charge is -2.29. The van der Waals surface area contributed by atoms with Crippen molar-refractivity contribution in [3.63, 3.8) is 0 Å². The van der Waals surface area contributed by atoms with Crippen LogP contribution in [0.2, 0.25) is 0 Å². The fourth-order valence-corrected chi connectivity index (χ4v) is 1.93. The standard InChI is InChI=1S/C13H13NO3/c15-13(9-5-6-14-7-9)12-8-16-10-3-1-2-4-11(10)17-12/h1-7,12-15H,8H2. The van der Waals surface area contributed by atoms with E-state index in [1.165, 1.54) is 0 Å². The molecule has 3 rings (SSSR count). The maximum atomic E-state index is 10.1. The van der Waals surface area contributed by atoms with Crippen LogP contribution in [0.25, 0.3) is 0 Å². The summed E-state index contributed by atoms with van der Waals surface area (Å²) in [4.78, 5) is 2.91.